The number of hydrogen-bond acceptors (Lipinski definition) is 6. The van der Waals surface area contributed by atoms with Gasteiger partial charge in [-0.1, -0.05) is 11.6 Å². The maximum atomic E-state index is 13.5. The number of benzene rings is 1. The summed E-state index contributed by atoms with van der Waals surface area (Å²) in [5, 5.41) is 17.0. The molecule has 2 aromatic rings. The van der Waals surface area contributed by atoms with E-state index in [1.165, 1.54) is 19.1 Å². The van der Waals surface area contributed by atoms with Crippen LogP contribution in [0, 0.1) is 11.3 Å². The number of nitrogens with zero attached hydrogens (tertiary/aromatic N) is 3. The van der Waals surface area contributed by atoms with Crippen LogP contribution in [-0.4, -0.2) is 28.4 Å². The number of rotatable bonds is 3. The summed E-state index contributed by atoms with van der Waals surface area (Å²) < 4.78 is 45.8. The van der Waals surface area contributed by atoms with E-state index in [0.717, 1.165) is 23.1 Å². The molecule has 1 unspecified atom stereocenters. The zero-order valence-electron chi connectivity index (χ0n) is 14.5. The topological polar surface area (TPSA) is 111 Å². The van der Waals surface area contributed by atoms with Crippen LogP contribution in [0.15, 0.2) is 46.6 Å². The third-order valence-corrected chi connectivity index (χ3v) is 4.01. The van der Waals surface area contributed by atoms with E-state index >= 15 is 0 Å². The van der Waals surface area contributed by atoms with Crippen molar-refractivity contribution in [2.75, 3.05) is 4.90 Å². The predicted octanol–water partition coefficient (Wildman–Crippen LogP) is 2.43. The number of allylic oxidation sites excluding steroid dienone is 1. The summed E-state index contributed by atoms with van der Waals surface area (Å²) in [7, 11) is 0. The van der Waals surface area contributed by atoms with Gasteiger partial charge in [-0.25, -0.2) is 5.10 Å². The molecule has 2 heterocycles. The Morgan fingerprint density at radius 1 is 1.28 bits per heavy atom. The fourth-order valence-electron chi connectivity index (χ4n) is 2.61. The fourth-order valence-corrected chi connectivity index (χ4v) is 2.84. The summed E-state index contributed by atoms with van der Waals surface area (Å²) in [6.45, 7) is 1.31. The second-order valence-electron chi connectivity index (χ2n) is 5.87. The Morgan fingerprint density at radius 2 is 2.00 bits per heavy atom. The Kier molecular flexibility index (Phi) is 5.21. The van der Waals surface area contributed by atoms with Gasteiger partial charge in [0.25, 0.3) is 11.5 Å². The Labute approximate surface area is 166 Å². The first-order valence-electron chi connectivity index (χ1n) is 7.96. The number of ether oxygens (including phenoxy) is 1. The summed E-state index contributed by atoms with van der Waals surface area (Å²) in [5.41, 5.74) is -1.91. The maximum absolute atomic E-state index is 13.5. The zero-order chi connectivity index (χ0) is 21.3. The minimum atomic E-state index is -4.93. The average molecular weight is 426 g/mol. The molecule has 29 heavy (non-hydrogen) atoms. The van der Waals surface area contributed by atoms with Crippen molar-refractivity contribution in [3.8, 4) is 11.8 Å². The number of carbonyl (C=O) groups excluding carboxylic acids is 1. The molecule has 0 bridgehead atoms. The molecule has 2 N–H and O–H groups in total. The maximum Gasteiger partial charge on any atom is 0.434 e. The molecule has 1 amide bonds. The lowest BCUT2D eigenvalue weighted by Gasteiger charge is -2.36. The van der Waals surface area contributed by atoms with Crippen LogP contribution in [0.25, 0.3) is 0 Å². The highest BCUT2D eigenvalue weighted by molar-refractivity contribution is 6.30. The van der Waals surface area contributed by atoms with Crippen LogP contribution < -0.4 is 20.5 Å². The molecule has 8 nitrogen and oxygen atoms in total. The molecule has 0 radical (unpaired) electrons. The lowest BCUT2D eigenvalue weighted by molar-refractivity contribution is -0.124. The van der Waals surface area contributed by atoms with Gasteiger partial charge >= 0.3 is 6.18 Å². The van der Waals surface area contributed by atoms with Gasteiger partial charge in [0.05, 0.1) is 11.6 Å². The number of hydrogen-bond donors (Lipinski definition) is 2. The van der Waals surface area contributed by atoms with E-state index in [9.17, 15) is 22.8 Å². The number of nitriles is 1. The van der Waals surface area contributed by atoms with E-state index in [1.807, 2.05) is 0 Å². The minimum Gasteiger partial charge on any atom is -0.449 e. The lowest BCUT2D eigenvalue weighted by Crippen LogP contribution is -2.56. The number of aromatic nitrogens is 2. The van der Waals surface area contributed by atoms with Crippen molar-refractivity contribution in [3.05, 3.63) is 62.7 Å². The van der Waals surface area contributed by atoms with E-state index in [1.54, 1.807) is 6.07 Å². The molecule has 0 saturated heterocycles. The summed E-state index contributed by atoms with van der Waals surface area (Å²) in [5.74, 6) is -2.54. The lowest BCUT2D eigenvalue weighted by atomic mass is 10.2. The number of alkyl halides is 3. The van der Waals surface area contributed by atoms with Crippen molar-refractivity contribution < 1.29 is 22.7 Å². The molecule has 3 rings (SSSR count). The van der Waals surface area contributed by atoms with Gasteiger partial charge in [-0.15, -0.1) is 0 Å². The SMILES string of the molecule is CC1NC(C(F)(F)F)=C(Oc2cc(Cl)cc(C#N)c2)C(=O)N1c1ccc(=O)[nH]n1. The summed E-state index contributed by atoms with van der Waals surface area (Å²) in [6, 6.07) is 7.63. The number of halogens is 4. The Morgan fingerprint density at radius 3 is 2.59 bits per heavy atom. The van der Waals surface area contributed by atoms with Gasteiger partial charge in [-0.2, -0.15) is 23.5 Å². The van der Waals surface area contributed by atoms with Crippen LogP contribution in [0.5, 0.6) is 5.75 Å². The third kappa shape index (κ3) is 4.17. The van der Waals surface area contributed by atoms with Crippen molar-refractivity contribution in [2.45, 2.75) is 19.3 Å². The number of H-pyrrole nitrogens is 1. The van der Waals surface area contributed by atoms with Gasteiger partial charge in [0.15, 0.2) is 11.5 Å². The highest BCUT2D eigenvalue weighted by atomic mass is 35.5. The predicted molar refractivity (Wildman–Crippen MR) is 94.8 cm³/mol. The molecular formula is C17H11ClF3N5O3. The number of anilines is 1. The molecule has 0 fully saturated rings. The summed E-state index contributed by atoms with van der Waals surface area (Å²) in [6.07, 6.45) is -6.08. The molecule has 1 aromatic carbocycles. The molecule has 0 aliphatic carbocycles. The van der Waals surface area contributed by atoms with Crippen molar-refractivity contribution in [1.82, 2.24) is 15.5 Å². The molecular weight excluding hydrogens is 415 g/mol. The highest BCUT2D eigenvalue weighted by Crippen LogP contribution is 2.34. The van der Waals surface area contributed by atoms with E-state index in [0.29, 0.717) is 0 Å². The van der Waals surface area contributed by atoms with Crippen LogP contribution in [0.4, 0.5) is 19.0 Å². The minimum absolute atomic E-state index is 0.0328. The smallest absolute Gasteiger partial charge is 0.434 e. The number of carbonyl (C=O) groups is 1. The molecule has 1 aliphatic rings. The summed E-state index contributed by atoms with van der Waals surface area (Å²) >= 11 is 5.85. The fraction of sp³-hybridized carbons (Fsp3) is 0.176. The molecule has 1 aliphatic heterocycles. The first-order chi connectivity index (χ1) is 13.6. The van der Waals surface area contributed by atoms with Gasteiger partial charge < -0.3 is 10.1 Å². The molecule has 12 heteroatoms. The molecule has 150 valence electrons. The van der Waals surface area contributed by atoms with Crippen molar-refractivity contribution >= 4 is 23.3 Å². The van der Waals surface area contributed by atoms with Crippen LogP contribution in [-0.2, 0) is 4.79 Å². The first kappa shape index (κ1) is 20.2. The largest absolute Gasteiger partial charge is 0.449 e. The van der Waals surface area contributed by atoms with Gasteiger partial charge in [0.1, 0.15) is 11.9 Å². The van der Waals surface area contributed by atoms with E-state index in [-0.39, 0.29) is 22.2 Å². The molecule has 0 spiro atoms. The summed E-state index contributed by atoms with van der Waals surface area (Å²) in [4.78, 5) is 25.0. The standard InChI is InChI=1S/C17H11ClF3N5O3/c1-8-23-15(17(19,20)21)14(29-11-5-9(7-22)4-10(18)6-11)16(28)26(8)12-2-3-13(27)25-24-12/h2-6,8,23H,1H3,(H,25,27). The van der Waals surface area contributed by atoms with Crippen LogP contribution in [0.1, 0.15) is 12.5 Å². The third-order valence-electron chi connectivity index (χ3n) is 3.80. The molecule has 1 aromatic heterocycles. The number of nitrogens with one attached hydrogen (secondary N) is 2. The van der Waals surface area contributed by atoms with Crippen LogP contribution in [0.3, 0.4) is 0 Å². The van der Waals surface area contributed by atoms with E-state index < -0.39 is 35.3 Å². The second kappa shape index (κ2) is 7.48. The quantitative estimate of drug-likeness (QED) is 0.781. The number of aromatic amines is 1. The van der Waals surface area contributed by atoms with E-state index in [2.05, 4.69) is 15.5 Å². The average Bonchev–Trinajstić information content (AvgIpc) is 2.64. The van der Waals surface area contributed by atoms with Gasteiger partial charge in [-0.3, -0.25) is 14.5 Å². The number of amides is 1. The zero-order valence-corrected chi connectivity index (χ0v) is 15.3. The van der Waals surface area contributed by atoms with Gasteiger partial charge in [-0.05, 0) is 31.2 Å². The van der Waals surface area contributed by atoms with Crippen molar-refractivity contribution in [3.63, 3.8) is 0 Å². The monoisotopic (exact) mass is 425 g/mol. The Balaban J connectivity index is 2.09. The normalized spacial score (nSPS) is 17.0. The van der Waals surface area contributed by atoms with Crippen molar-refractivity contribution in [2.24, 2.45) is 0 Å². The van der Waals surface area contributed by atoms with Crippen LogP contribution in [0.2, 0.25) is 5.02 Å². The highest BCUT2D eigenvalue weighted by Gasteiger charge is 2.46. The molecule has 0 saturated carbocycles. The first-order valence-corrected chi connectivity index (χ1v) is 8.34. The molecule has 1 atom stereocenters. The van der Waals surface area contributed by atoms with Crippen LogP contribution >= 0.6 is 11.6 Å². The van der Waals surface area contributed by atoms with Gasteiger partial charge in [0.2, 0.25) is 5.76 Å². The Bertz CT molecular complexity index is 1090. The van der Waals surface area contributed by atoms with E-state index in [4.69, 9.17) is 21.6 Å². The van der Waals surface area contributed by atoms with Crippen molar-refractivity contribution in [1.29, 1.82) is 5.26 Å². The second-order valence-corrected chi connectivity index (χ2v) is 6.30. The van der Waals surface area contributed by atoms with Gasteiger partial charge in [0, 0.05) is 11.1 Å². The Hall–Kier alpha value is -3.52.